The Morgan fingerprint density at radius 1 is 1.52 bits per heavy atom. The van der Waals surface area contributed by atoms with Gasteiger partial charge in [-0.1, -0.05) is 11.2 Å². The number of hydrogen-bond donors (Lipinski definition) is 3. The van der Waals surface area contributed by atoms with E-state index in [-0.39, 0.29) is 11.3 Å². The van der Waals surface area contributed by atoms with E-state index < -0.39 is 17.6 Å². The molecule has 0 aliphatic rings. The van der Waals surface area contributed by atoms with Crippen molar-refractivity contribution in [1.82, 2.24) is 9.78 Å². The summed E-state index contributed by atoms with van der Waals surface area (Å²) < 4.78 is 15.3. The molecule has 2 aromatic rings. The Labute approximate surface area is 119 Å². The fraction of sp³-hybridized carbons (Fsp3) is 0.154. The van der Waals surface area contributed by atoms with Crippen LogP contribution in [0.15, 0.2) is 29.6 Å². The molecule has 110 valence electrons. The Balaban J connectivity index is 2.38. The van der Waals surface area contributed by atoms with Gasteiger partial charge in [0.15, 0.2) is 5.84 Å². The molecule has 0 aliphatic heterocycles. The van der Waals surface area contributed by atoms with Gasteiger partial charge in [0.2, 0.25) is 0 Å². The number of hydrogen-bond acceptors (Lipinski definition) is 4. The lowest BCUT2D eigenvalue weighted by Crippen LogP contribution is -2.20. The van der Waals surface area contributed by atoms with Crippen LogP contribution in [0, 0.1) is 12.7 Å². The van der Waals surface area contributed by atoms with E-state index in [1.807, 2.05) is 0 Å². The van der Waals surface area contributed by atoms with Gasteiger partial charge in [-0.3, -0.25) is 9.48 Å². The fourth-order valence-electron chi connectivity index (χ4n) is 1.95. The quantitative estimate of drug-likeness (QED) is 0.342. The van der Waals surface area contributed by atoms with Crippen LogP contribution in [0.25, 0.3) is 0 Å². The van der Waals surface area contributed by atoms with E-state index in [1.165, 1.54) is 16.8 Å². The molecule has 1 heterocycles. The zero-order valence-corrected chi connectivity index (χ0v) is 11.5. The van der Waals surface area contributed by atoms with Crippen molar-refractivity contribution in [1.29, 1.82) is 0 Å². The van der Waals surface area contributed by atoms with Crippen LogP contribution in [0.1, 0.15) is 21.6 Å². The van der Waals surface area contributed by atoms with Gasteiger partial charge in [-0.05, 0) is 19.1 Å². The predicted molar refractivity (Wildman–Crippen MR) is 74.8 cm³/mol. The van der Waals surface area contributed by atoms with E-state index in [0.29, 0.717) is 11.3 Å². The predicted octanol–water partition coefficient (Wildman–Crippen LogP) is 1.21. The number of amides is 1. The van der Waals surface area contributed by atoms with E-state index >= 15 is 0 Å². The summed E-state index contributed by atoms with van der Waals surface area (Å²) in [6.45, 7) is 1.69. The molecule has 1 amide bonds. The van der Waals surface area contributed by atoms with Crippen molar-refractivity contribution in [3.05, 3.63) is 47.0 Å². The molecule has 2 rings (SSSR count). The van der Waals surface area contributed by atoms with E-state index in [0.717, 1.165) is 6.07 Å². The lowest BCUT2D eigenvalue weighted by atomic mass is 10.1. The fourth-order valence-corrected chi connectivity index (χ4v) is 1.95. The number of carbonyl (C=O) groups is 1. The smallest absolute Gasteiger partial charge is 0.259 e. The van der Waals surface area contributed by atoms with Crippen LogP contribution in [0.5, 0.6) is 0 Å². The van der Waals surface area contributed by atoms with Crippen molar-refractivity contribution >= 4 is 17.4 Å². The Hall–Kier alpha value is -2.90. The van der Waals surface area contributed by atoms with Gasteiger partial charge in [0.25, 0.3) is 5.91 Å². The number of aromatic nitrogens is 2. The van der Waals surface area contributed by atoms with Crippen LogP contribution in [-0.2, 0) is 7.05 Å². The van der Waals surface area contributed by atoms with E-state index in [1.54, 1.807) is 20.2 Å². The Morgan fingerprint density at radius 3 is 2.81 bits per heavy atom. The SMILES string of the molecule is Cc1nn(C)cc1C(=O)Nc1cccc(F)c1/C(N)=N/O. The summed E-state index contributed by atoms with van der Waals surface area (Å²) in [5.41, 5.74) is 6.27. The summed E-state index contributed by atoms with van der Waals surface area (Å²) in [6.07, 6.45) is 1.55. The van der Waals surface area contributed by atoms with Crippen LogP contribution in [0.2, 0.25) is 0 Å². The molecule has 1 aromatic heterocycles. The lowest BCUT2D eigenvalue weighted by Gasteiger charge is -2.10. The maximum absolute atomic E-state index is 13.8. The molecule has 0 spiro atoms. The van der Waals surface area contributed by atoms with Crippen LogP contribution >= 0.6 is 0 Å². The third-order valence-corrected chi connectivity index (χ3v) is 2.88. The molecule has 0 saturated carbocycles. The number of halogens is 1. The van der Waals surface area contributed by atoms with Crippen molar-refractivity contribution in [2.75, 3.05) is 5.32 Å². The second-order valence-corrected chi connectivity index (χ2v) is 4.40. The third-order valence-electron chi connectivity index (χ3n) is 2.88. The number of benzene rings is 1. The molecule has 0 fully saturated rings. The van der Waals surface area contributed by atoms with Gasteiger partial charge in [0.1, 0.15) is 5.82 Å². The lowest BCUT2D eigenvalue weighted by molar-refractivity contribution is 0.102. The first-order valence-corrected chi connectivity index (χ1v) is 6.02. The summed E-state index contributed by atoms with van der Waals surface area (Å²) in [5.74, 6) is -1.59. The largest absolute Gasteiger partial charge is 0.409 e. The summed E-state index contributed by atoms with van der Waals surface area (Å²) in [5, 5.41) is 18.1. The number of amidine groups is 1. The molecule has 21 heavy (non-hydrogen) atoms. The second-order valence-electron chi connectivity index (χ2n) is 4.40. The van der Waals surface area contributed by atoms with Gasteiger partial charge in [-0.25, -0.2) is 4.39 Å². The van der Waals surface area contributed by atoms with Crippen LogP contribution < -0.4 is 11.1 Å². The standard InChI is InChI=1S/C13H14FN5O2/c1-7-8(6-19(2)17-7)13(20)16-10-5-3-4-9(14)11(10)12(15)18-21/h3-6,21H,1-2H3,(H2,15,18)(H,16,20). The molecule has 1 aromatic carbocycles. The molecule has 8 heteroatoms. The Morgan fingerprint density at radius 2 is 2.24 bits per heavy atom. The van der Waals surface area contributed by atoms with Crippen LogP contribution in [0.3, 0.4) is 0 Å². The maximum Gasteiger partial charge on any atom is 0.259 e. The van der Waals surface area contributed by atoms with E-state index in [4.69, 9.17) is 10.9 Å². The molecule has 0 saturated heterocycles. The molecular formula is C13H14FN5O2. The molecule has 0 radical (unpaired) electrons. The number of nitrogens with one attached hydrogen (secondary N) is 1. The summed E-state index contributed by atoms with van der Waals surface area (Å²) in [6, 6.07) is 4.02. The number of nitrogens with two attached hydrogens (primary N) is 1. The first kappa shape index (κ1) is 14.5. The molecule has 7 nitrogen and oxygen atoms in total. The van der Waals surface area contributed by atoms with Gasteiger partial charge in [-0.2, -0.15) is 5.10 Å². The molecular weight excluding hydrogens is 277 g/mol. The monoisotopic (exact) mass is 291 g/mol. The molecule has 0 atom stereocenters. The highest BCUT2D eigenvalue weighted by molar-refractivity contribution is 6.10. The number of anilines is 1. The average molecular weight is 291 g/mol. The zero-order valence-electron chi connectivity index (χ0n) is 11.5. The van der Waals surface area contributed by atoms with Crippen molar-refractivity contribution < 1.29 is 14.4 Å². The van der Waals surface area contributed by atoms with Crippen molar-refractivity contribution in [2.45, 2.75) is 6.92 Å². The van der Waals surface area contributed by atoms with Crippen LogP contribution in [0.4, 0.5) is 10.1 Å². The number of aryl methyl sites for hydroxylation is 2. The van der Waals surface area contributed by atoms with Gasteiger partial charge < -0.3 is 16.3 Å². The van der Waals surface area contributed by atoms with Gasteiger partial charge >= 0.3 is 0 Å². The maximum atomic E-state index is 13.8. The number of oxime groups is 1. The van der Waals surface area contributed by atoms with Gasteiger partial charge in [0.05, 0.1) is 22.5 Å². The van der Waals surface area contributed by atoms with Crippen molar-refractivity contribution in [3.63, 3.8) is 0 Å². The zero-order chi connectivity index (χ0) is 15.6. The third kappa shape index (κ3) is 2.83. The summed E-state index contributed by atoms with van der Waals surface area (Å²) in [7, 11) is 1.69. The minimum atomic E-state index is -0.703. The number of carbonyl (C=O) groups excluding carboxylic acids is 1. The second kappa shape index (κ2) is 5.61. The van der Waals surface area contributed by atoms with Crippen molar-refractivity contribution in [2.24, 2.45) is 17.9 Å². The minimum Gasteiger partial charge on any atom is -0.409 e. The Kier molecular flexibility index (Phi) is 3.88. The first-order chi connectivity index (χ1) is 9.93. The van der Waals surface area contributed by atoms with Gasteiger partial charge in [-0.15, -0.1) is 0 Å². The highest BCUT2D eigenvalue weighted by Gasteiger charge is 2.18. The minimum absolute atomic E-state index is 0.110. The highest BCUT2D eigenvalue weighted by Crippen LogP contribution is 2.20. The summed E-state index contributed by atoms with van der Waals surface area (Å²) in [4.78, 5) is 12.2. The summed E-state index contributed by atoms with van der Waals surface area (Å²) >= 11 is 0. The average Bonchev–Trinajstić information content (AvgIpc) is 2.77. The van der Waals surface area contributed by atoms with E-state index in [9.17, 15) is 9.18 Å². The molecule has 4 N–H and O–H groups in total. The topological polar surface area (TPSA) is 106 Å². The Bertz CT molecular complexity index is 723. The number of nitrogens with zero attached hydrogens (tertiary/aromatic N) is 3. The molecule has 0 aliphatic carbocycles. The van der Waals surface area contributed by atoms with E-state index in [2.05, 4.69) is 15.6 Å². The number of rotatable bonds is 3. The highest BCUT2D eigenvalue weighted by atomic mass is 19.1. The van der Waals surface area contributed by atoms with Crippen LogP contribution in [-0.4, -0.2) is 26.7 Å². The molecule has 0 bridgehead atoms. The van der Waals surface area contributed by atoms with Crippen molar-refractivity contribution in [3.8, 4) is 0 Å². The molecule has 0 unspecified atom stereocenters. The van der Waals surface area contributed by atoms with Gasteiger partial charge in [0, 0.05) is 13.2 Å². The normalized spacial score (nSPS) is 11.5. The first-order valence-electron chi connectivity index (χ1n) is 6.02.